The molecule has 1 N–H and O–H groups in total. The molecule has 0 fully saturated rings. The first-order valence-corrected chi connectivity index (χ1v) is 8.16. The lowest BCUT2D eigenvalue weighted by Gasteiger charge is -2.27. The van der Waals surface area contributed by atoms with Crippen LogP contribution in [-0.2, 0) is 13.0 Å². The normalized spacial score (nSPS) is 17.4. The Morgan fingerprint density at radius 2 is 2.18 bits per heavy atom. The summed E-state index contributed by atoms with van der Waals surface area (Å²) in [4.78, 5) is 4.47. The lowest BCUT2D eigenvalue weighted by molar-refractivity contribution is 0.246. The molecule has 0 bridgehead atoms. The lowest BCUT2D eigenvalue weighted by Crippen LogP contribution is -2.37. The quantitative estimate of drug-likeness (QED) is 0.938. The van der Waals surface area contributed by atoms with Gasteiger partial charge in [0.05, 0.1) is 11.7 Å². The van der Waals surface area contributed by atoms with E-state index < -0.39 is 0 Å². The SMILES string of the molecule is CCc1nc(Cl)c2n1CCN[C@@H]2COc1ccc(C)c(C)c1. The minimum Gasteiger partial charge on any atom is -0.492 e. The van der Waals surface area contributed by atoms with Crippen LogP contribution in [0.2, 0.25) is 5.15 Å². The van der Waals surface area contributed by atoms with Gasteiger partial charge >= 0.3 is 0 Å². The standard InChI is InChI=1S/C17H22ClN3O/c1-4-15-20-17(18)16-14(19-7-8-21(15)16)10-22-13-6-5-11(2)12(3)9-13/h5-6,9,14,19H,4,7-8,10H2,1-3H3/t14-/m1/s1. The Kier molecular flexibility index (Phi) is 4.41. The van der Waals surface area contributed by atoms with Gasteiger partial charge in [-0.3, -0.25) is 0 Å². The van der Waals surface area contributed by atoms with E-state index in [2.05, 4.69) is 47.8 Å². The zero-order valence-electron chi connectivity index (χ0n) is 13.3. The van der Waals surface area contributed by atoms with Crippen molar-refractivity contribution in [3.8, 4) is 5.75 Å². The van der Waals surface area contributed by atoms with Crippen molar-refractivity contribution < 1.29 is 4.74 Å². The topological polar surface area (TPSA) is 39.1 Å². The van der Waals surface area contributed by atoms with E-state index in [9.17, 15) is 0 Å². The van der Waals surface area contributed by atoms with Crippen molar-refractivity contribution in [2.24, 2.45) is 0 Å². The van der Waals surface area contributed by atoms with E-state index >= 15 is 0 Å². The van der Waals surface area contributed by atoms with Gasteiger partial charge in [0, 0.05) is 19.5 Å². The van der Waals surface area contributed by atoms with Crippen LogP contribution in [0.3, 0.4) is 0 Å². The summed E-state index contributed by atoms with van der Waals surface area (Å²) < 4.78 is 8.20. The molecule has 3 rings (SSSR count). The van der Waals surface area contributed by atoms with Gasteiger partial charge in [-0.1, -0.05) is 24.6 Å². The van der Waals surface area contributed by atoms with Crippen LogP contribution in [0.15, 0.2) is 18.2 Å². The van der Waals surface area contributed by atoms with E-state index in [0.717, 1.165) is 36.8 Å². The number of hydrogen-bond donors (Lipinski definition) is 1. The number of hydrogen-bond acceptors (Lipinski definition) is 3. The number of halogens is 1. The molecule has 1 atom stereocenters. The van der Waals surface area contributed by atoms with E-state index in [0.29, 0.717) is 11.8 Å². The Hall–Kier alpha value is -1.52. The molecule has 118 valence electrons. The van der Waals surface area contributed by atoms with Crippen LogP contribution in [-0.4, -0.2) is 22.7 Å². The van der Waals surface area contributed by atoms with E-state index in [1.54, 1.807) is 0 Å². The van der Waals surface area contributed by atoms with Crippen LogP contribution in [0.4, 0.5) is 0 Å². The second-order valence-corrected chi connectivity index (χ2v) is 6.13. The Morgan fingerprint density at radius 1 is 1.36 bits per heavy atom. The fourth-order valence-electron chi connectivity index (χ4n) is 2.90. The average molecular weight is 320 g/mol. The van der Waals surface area contributed by atoms with Gasteiger partial charge in [0.15, 0.2) is 5.15 Å². The number of nitrogens with zero attached hydrogens (tertiary/aromatic N) is 2. The highest BCUT2D eigenvalue weighted by Crippen LogP contribution is 2.28. The van der Waals surface area contributed by atoms with Crippen molar-refractivity contribution in [1.82, 2.24) is 14.9 Å². The van der Waals surface area contributed by atoms with Gasteiger partial charge in [-0.05, 0) is 37.1 Å². The molecular weight excluding hydrogens is 298 g/mol. The molecule has 1 aliphatic heterocycles. The molecule has 2 heterocycles. The minimum atomic E-state index is 0.0793. The summed E-state index contributed by atoms with van der Waals surface area (Å²) in [5, 5.41) is 4.07. The van der Waals surface area contributed by atoms with E-state index in [4.69, 9.17) is 16.3 Å². The van der Waals surface area contributed by atoms with Gasteiger partial charge in [-0.2, -0.15) is 0 Å². The minimum absolute atomic E-state index is 0.0793. The van der Waals surface area contributed by atoms with Crippen molar-refractivity contribution in [1.29, 1.82) is 0 Å². The van der Waals surface area contributed by atoms with E-state index in [1.807, 2.05) is 6.07 Å². The summed E-state index contributed by atoms with van der Waals surface area (Å²) in [5.41, 5.74) is 3.57. The molecule has 2 aromatic rings. The first-order chi connectivity index (χ1) is 10.6. The number of aryl methyl sites for hydroxylation is 3. The number of benzene rings is 1. The summed E-state index contributed by atoms with van der Waals surface area (Å²) in [6.45, 7) is 8.69. The highest BCUT2D eigenvalue weighted by atomic mass is 35.5. The van der Waals surface area contributed by atoms with Gasteiger partial charge in [0.2, 0.25) is 0 Å². The van der Waals surface area contributed by atoms with Crippen LogP contribution >= 0.6 is 11.6 Å². The molecule has 0 spiro atoms. The van der Waals surface area contributed by atoms with Crippen molar-refractivity contribution in [3.63, 3.8) is 0 Å². The van der Waals surface area contributed by atoms with Crippen LogP contribution in [0.5, 0.6) is 5.75 Å². The second kappa shape index (κ2) is 6.31. The van der Waals surface area contributed by atoms with Gasteiger partial charge < -0.3 is 14.6 Å². The summed E-state index contributed by atoms with van der Waals surface area (Å²) >= 11 is 6.34. The summed E-state index contributed by atoms with van der Waals surface area (Å²) in [7, 11) is 0. The second-order valence-electron chi connectivity index (χ2n) is 5.77. The third-order valence-electron chi connectivity index (χ3n) is 4.31. The Labute approximate surface area is 136 Å². The molecule has 1 aromatic carbocycles. The maximum atomic E-state index is 6.34. The zero-order chi connectivity index (χ0) is 15.7. The largest absolute Gasteiger partial charge is 0.492 e. The molecule has 22 heavy (non-hydrogen) atoms. The third-order valence-corrected chi connectivity index (χ3v) is 4.59. The number of ether oxygens (including phenoxy) is 1. The number of fused-ring (bicyclic) bond motifs is 1. The van der Waals surface area contributed by atoms with E-state index in [1.165, 1.54) is 11.1 Å². The molecule has 0 unspecified atom stereocenters. The molecule has 1 aromatic heterocycles. The highest BCUT2D eigenvalue weighted by Gasteiger charge is 2.26. The molecule has 0 radical (unpaired) electrons. The monoisotopic (exact) mass is 319 g/mol. The Morgan fingerprint density at radius 3 is 2.91 bits per heavy atom. The van der Waals surface area contributed by atoms with Crippen LogP contribution in [0.25, 0.3) is 0 Å². The van der Waals surface area contributed by atoms with Crippen molar-refractivity contribution >= 4 is 11.6 Å². The maximum absolute atomic E-state index is 6.34. The number of imidazole rings is 1. The average Bonchev–Trinajstić information content (AvgIpc) is 2.85. The number of rotatable bonds is 4. The first kappa shape index (κ1) is 15.4. The lowest BCUT2D eigenvalue weighted by atomic mass is 10.1. The van der Waals surface area contributed by atoms with E-state index in [-0.39, 0.29) is 6.04 Å². The molecule has 1 aliphatic rings. The number of aromatic nitrogens is 2. The highest BCUT2D eigenvalue weighted by molar-refractivity contribution is 6.30. The fourth-order valence-corrected chi connectivity index (χ4v) is 3.23. The summed E-state index contributed by atoms with van der Waals surface area (Å²) in [6.07, 6.45) is 0.893. The first-order valence-electron chi connectivity index (χ1n) is 7.78. The zero-order valence-corrected chi connectivity index (χ0v) is 14.1. The molecule has 4 nitrogen and oxygen atoms in total. The maximum Gasteiger partial charge on any atom is 0.152 e. The predicted molar refractivity (Wildman–Crippen MR) is 88.8 cm³/mol. The van der Waals surface area contributed by atoms with Gasteiger partial charge in [0.1, 0.15) is 18.2 Å². The molecule has 0 saturated carbocycles. The van der Waals surface area contributed by atoms with Gasteiger partial charge in [-0.25, -0.2) is 4.98 Å². The summed E-state index contributed by atoms with van der Waals surface area (Å²) in [5.74, 6) is 1.95. The number of nitrogens with one attached hydrogen (secondary N) is 1. The molecule has 5 heteroatoms. The summed E-state index contributed by atoms with van der Waals surface area (Å²) in [6, 6.07) is 6.26. The van der Waals surface area contributed by atoms with Gasteiger partial charge in [0.25, 0.3) is 0 Å². The third kappa shape index (κ3) is 2.85. The smallest absolute Gasteiger partial charge is 0.152 e. The molecule has 0 saturated heterocycles. The molecular formula is C17H22ClN3O. The Bertz CT molecular complexity index is 681. The molecule has 0 aliphatic carbocycles. The van der Waals surface area contributed by atoms with Crippen molar-refractivity contribution in [2.45, 2.75) is 39.8 Å². The van der Waals surface area contributed by atoms with Crippen molar-refractivity contribution in [2.75, 3.05) is 13.2 Å². The van der Waals surface area contributed by atoms with Crippen LogP contribution in [0.1, 0.15) is 35.6 Å². The Balaban J connectivity index is 1.77. The van der Waals surface area contributed by atoms with Crippen LogP contribution in [0, 0.1) is 13.8 Å². The van der Waals surface area contributed by atoms with Crippen LogP contribution < -0.4 is 10.1 Å². The molecule has 0 amide bonds. The van der Waals surface area contributed by atoms with Gasteiger partial charge in [-0.15, -0.1) is 0 Å². The fraction of sp³-hybridized carbons (Fsp3) is 0.471. The van der Waals surface area contributed by atoms with Crippen molar-refractivity contribution in [3.05, 3.63) is 46.0 Å². The predicted octanol–water partition coefficient (Wildman–Crippen LogP) is 3.44.